The van der Waals surface area contributed by atoms with Crippen LogP contribution in [0.4, 0.5) is 0 Å². The van der Waals surface area contributed by atoms with Crippen LogP contribution < -0.4 is 15.2 Å². The van der Waals surface area contributed by atoms with Crippen molar-refractivity contribution < 1.29 is 14.2 Å². The van der Waals surface area contributed by atoms with E-state index < -0.39 is 0 Å². The van der Waals surface area contributed by atoms with Crippen LogP contribution in [0, 0.1) is 0 Å². The molecule has 0 amide bonds. The Bertz CT molecular complexity index is 381. The van der Waals surface area contributed by atoms with Crippen LogP contribution in [0.15, 0.2) is 24.3 Å². The number of nitrogens with zero attached hydrogens (tertiary/aromatic N) is 1. The number of nitrogens with two attached hydrogens (primary N) is 1. The minimum Gasteiger partial charge on any atom is -0.497 e. The number of methoxy groups -OCH3 is 1. The van der Waals surface area contributed by atoms with Gasteiger partial charge in [-0.25, -0.2) is 0 Å². The van der Waals surface area contributed by atoms with Crippen LogP contribution in [0.2, 0.25) is 0 Å². The summed E-state index contributed by atoms with van der Waals surface area (Å²) in [7, 11) is 1.65. The lowest BCUT2D eigenvalue weighted by molar-refractivity contribution is 0.00823. The van der Waals surface area contributed by atoms with E-state index >= 15 is 0 Å². The van der Waals surface area contributed by atoms with E-state index in [1.165, 1.54) is 0 Å². The average molecular weight is 266 g/mol. The lowest BCUT2D eigenvalue weighted by atomic mass is 10.2. The predicted octanol–water partition coefficient (Wildman–Crippen LogP) is 0.733. The summed E-state index contributed by atoms with van der Waals surface area (Å²) in [4.78, 5) is 2.32. The molecule has 1 atom stereocenters. The summed E-state index contributed by atoms with van der Waals surface area (Å²) in [6.45, 7) is 4.56. The van der Waals surface area contributed by atoms with Gasteiger partial charge in [-0.3, -0.25) is 4.90 Å². The average Bonchev–Trinajstić information content (AvgIpc) is 2.49. The molecule has 2 rings (SSSR count). The molecule has 1 aliphatic rings. The molecule has 106 valence electrons. The Hall–Kier alpha value is -1.30. The number of ether oxygens (including phenoxy) is 3. The van der Waals surface area contributed by atoms with E-state index in [1.54, 1.807) is 7.11 Å². The molecule has 1 aromatic carbocycles. The fraction of sp³-hybridized carbons (Fsp3) is 0.571. The first-order valence-corrected chi connectivity index (χ1v) is 6.62. The molecule has 5 heteroatoms. The molecule has 1 saturated heterocycles. The van der Waals surface area contributed by atoms with Gasteiger partial charge in [-0.15, -0.1) is 0 Å². The summed E-state index contributed by atoms with van der Waals surface area (Å²) >= 11 is 0. The van der Waals surface area contributed by atoms with Gasteiger partial charge in [-0.2, -0.15) is 0 Å². The summed E-state index contributed by atoms with van der Waals surface area (Å²) in [5, 5.41) is 0. The lowest BCUT2D eigenvalue weighted by Gasteiger charge is -2.33. The van der Waals surface area contributed by atoms with Gasteiger partial charge in [0.1, 0.15) is 18.1 Å². The van der Waals surface area contributed by atoms with Crippen molar-refractivity contribution in [3.8, 4) is 11.5 Å². The van der Waals surface area contributed by atoms with E-state index in [1.807, 2.05) is 24.3 Å². The van der Waals surface area contributed by atoms with Crippen molar-refractivity contribution >= 4 is 0 Å². The highest BCUT2D eigenvalue weighted by Gasteiger charge is 2.20. The maximum Gasteiger partial charge on any atom is 0.123 e. The molecule has 0 bridgehead atoms. The van der Waals surface area contributed by atoms with Crippen molar-refractivity contribution in [2.24, 2.45) is 5.73 Å². The maximum absolute atomic E-state index is 5.84. The molecular formula is C14H22N2O3. The second-order valence-electron chi connectivity index (χ2n) is 4.53. The van der Waals surface area contributed by atoms with Gasteiger partial charge in [0.25, 0.3) is 0 Å². The van der Waals surface area contributed by atoms with Crippen LogP contribution >= 0.6 is 0 Å². The number of benzene rings is 1. The molecule has 0 aliphatic carbocycles. The zero-order chi connectivity index (χ0) is 13.5. The second-order valence-corrected chi connectivity index (χ2v) is 4.53. The Kier molecular flexibility index (Phi) is 5.44. The first kappa shape index (κ1) is 14.1. The molecule has 5 nitrogen and oxygen atoms in total. The normalized spacial score (nSPS) is 18.0. The molecule has 1 fully saturated rings. The summed E-state index contributed by atoms with van der Waals surface area (Å²) in [5.74, 6) is 1.61. The van der Waals surface area contributed by atoms with Crippen LogP contribution in [0.25, 0.3) is 0 Å². The van der Waals surface area contributed by atoms with Gasteiger partial charge >= 0.3 is 0 Å². The van der Waals surface area contributed by atoms with Gasteiger partial charge in [0.2, 0.25) is 0 Å². The van der Waals surface area contributed by atoms with E-state index in [-0.39, 0.29) is 6.04 Å². The van der Waals surface area contributed by atoms with E-state index in [9.17, 15) is 0 Å². The summed E-state index contributed by atoms with van der Waals surface area (Å²) < 4.78 is 16.3. The summed E-state index contributed by atoms with van der Waals surface area (Å²) in [6, 6.07) is 7.85. The van der Waals surface area contributed by atoms with Crippen molar-refractivity contribution in [3.63, 3.8) is 0 Å². The first-order chi connectivity index (χ1) is 9.33. The zero-order valence-electron chi connectivity index (χ0n) is 11.4. The fourth-order valence-electron chi connectivity index (χ4n) is 2.15. The van der Waals surface area contributed by atoms with Gasteiger partial charge in [0.05, 0.1) is 26.4 Å². The van der Waals surface area contributed by atoms with Crippen LogP contribution in [-0.2, 0) is 4.74 Å². The monoisotopic (exact) mass is 266 g/mol. The van der Waals surface area contributed by atoms with Gasteiger partial charge in [0, 0.05) is 25.7 Å². The minimum atomic E-state index is 0.232. The Morgan fingerprint density at radius 3 is 2.74 bits per heavy atom. The Labute approximate surface area is 114 Å². The number of hydrogen-bond donors (Lipinski definition) is 1. The molecule has 1 aliphatic heterocycles. The van der Waals surface area contributed by atoms with Crippen molar-refractivity contribution in [2.75, 3.05) is 46.6 Å². The van der Waals surface area contributed by atoms with Crippen molar-refractivity contribution in [2.45, 2.75) is 6.04 Å². The number of hydrogen-bond acceptors (Lipinski definition) is 5. The van der Waals surface area contributed by atoms with Gasteiger partial charge in [-0.05, 0) is 12.1 Å². The van der Waals surface area contributed by atoms with E-state index in [0.29, 0.717) is 13.2 Å². The van der Waals surface area contributed by atoms with Crippen molar-refractivity contribution in [1.29, 1.82) is 0 Å². The van der Waals surface area contributed by atoms with E-state index in [2.05, 4.69) is 4.90 Å². The molecular weight excluding hydrogens is 244 g/mol. The summed E-state index contributed by atoms with van der Waals surface area (Å²) in [5.41, 5.74) is 5.84. The zero-order valence-corrected chi connectivity index (χ0v) is 11.4. The predicted molar refractivity (Wildman–Crippen MR) is 73.7 cm³/mol. The maximum atomic E-state index is 5.84. The van der Waals surface area contributed by atoms with Crippen LogP contribution in [0.5, 0.6) is 11.5 Å². The molecule has 1 unspecified atom stereocenters. The topological polar surface area (TPSA) is 57.0 Å². The van der Waals surface area contributed by atoms with Crippen LogP contribution in [0.3, 0.4) is 0 Å². The van der Waals surface area contributed by atoms with E-state index in [4.69, 9.17) is 19.9 Å². The van der Waals surface area contributed by atoms with Gasteiger partial charge < -0.3 is 19.9 Å². The minimum absolute atomic E-state index is 0.232. The highest BCUT2D eigenvalue weighted by molar-refractivity contribution is 5.32. The molecule has 0 radical (unpaired) electrons. The summed E-state index contributed by atoms with van der Waals surface area (Å²) in [6.07, 6.45) is 0. The third-order valence-electron chi connectivity index (χ3n) is 3.32. The highest BCUT2D eigenvalue weighted by Crippen LogP contribution is 2.19. The third-order valence-corrected chi connectivity index (χ3v) is 3.32. The van der Waals surface area contributed by atoms with Crippen molar-refractivity contribution in [1.82, 2.24) is 4.90 Å². The molecule has 0 spiro atoms. The van der Waals surface area contributed by atoms with E-state index in [0.717, 1.165) is 37.8 Å². The molecule has 1 heterocycles. The van der Waals surface area contributed by atoms with Crippen LogP contribution in [-0.4, -0.2) is 57.5 Å². The van der Waals surface area contributed by atoms with Gasteiger partial charge in [-0.1, -0.05) is 6.07 Å². The standard InChI is InChI=1S/C14H22N2O3/c1-17-13-3-2-4-14(9-13)19-11-12(10-15)16-5-7-18-8-6-16/h2-4,9,12H,5-8,10-11,15H2,1H3. The number of rotatable bonds is 6. The SMILES string of the molecule is COc1cccc(OCC(CN)N2CCOCC2)c1. The van der Waals surface area contributed by atoms with Gasteiger partial charge in [0.15, 0.2) is 0 Å². The largest absolute Gasteiger partial charge is 0.497 e. The molecule has 0 saturated carbocycles. The Balaban J connectivity index is 1.87. The fourth-order valence-corrected chi connectivity index (χ4v) is 2.15. The van der Waals surface area contributed by atoms with Crippen molar-refractivity contribution in [3.05, 3.63) is 24.3 Å². The third kappa shape index (κ3) is 4.09. The van der Waals surface area contributed by atoms with Crippen LogP contribution in [0.1, 0.15) is 0 Å². The molecule has 2 N–H and O–H groups in total. The second kappa shape index (κ2) is 7.33. The number of morpholine rings is 1. The smallest absolute Gasteiger partial charge is 0.123 e. The Morgan fingerprint density at radius 2 is 2.05 bits per heavy atom. The lowest BCUT2D eigenvalue weighted by Crippen LogP contribution is -2.49. The molecule has 19 heavy (non-hydrogen) atoms. The molecule has 1 aromatic rings. The molecule has 0 aromatic heterocycles. The Morgan fingerprint density at radius 1 is 1.32 bits per heavy atom. The first-order valence-electron chi connectivity index (χ1n) is 6.62. The highest BCUT2D eigenvalue weighted by atomic mass is 16.5. The quantitative estimate of drug-likeness (QED) is 0.823.